The molecule has 2 aromatic heterocycles. The van der Waals surface area contributed by atoms with Gasteiger partial charge in [0, 0.05) is 58.0 Å². The highest BCUT2D eigenvalue weighted by atomic mass is 19.4. The van der Waals surface area contributed by atoms with Crippen molar-refractivity contribution in [2.45, 2.75) is 26.6 Å². The Morgan fingerprint density at radius 3 is 2.49 bits per heavy atom. The highest BCUT2D eigenvalue weighted by Crippen LogP contribution is 2.33. The number of benzene rings is 2. The van der Waals surface area contributed by atoms with Gasteiger partial charge in [-0.15, -0.1) is 0 Å². The summed E-state index contributed by atoms with van der Waals surface area (Å²) < 4.78 is 49.3. The van der Waals surface area contributed by atoms with Crippen molar-refractivity contribution in [1.82, 2.24) is 19.8 Å². The second kappa shape index (κ2) is 11.8. The zero-order chi connectivity index (χ0) is 29.1. The van der Waals surface area contributed by atoms with Crippen molar-refractivity contribution in [3.05, 3.63) is 65.9 Å². The van der Waals surface area contributed by atoms with Crippen LogP contribution in [0.5, 0.6) is 11.5 Å². The SMILES string of the molecule is CCN1CCN(Cc2cc(Nc3[nH]c4cc(Oc5ccnc(NC(C)=O)c5)ccc4[n+]3C)cc(C(F)(F)F)c2)CC1. The maximum atomic E-state index is 13.8. The Bertz CT molecular complexity index is 1550. The van der Waals surface area contributed by atoms with E-state index < -0.39 is 11.7 Å². The van der Waals surface area contributed by atoms with Crippen LogP contribution in [0.3, 0.4) is 0 Å². The second-order valence-electron chi connectivity index (χ2n) is 10.1. The van der Waals surface area contributed by atoms with Crippen LogP contribution in [0.15, 0.2) is 54.7 Å². The summed E-state index contributed by atoms with van der Waals surface area (Å²) in [7, 11) is 1.83. The molecule has 1 aliphatic heterocycles. The molecule has 3 N–H and O–H groups in total. The molecule has 1 aliphatic rings. The van der Waals surface area contributed by atoms with Gasteiger partial charge < -0.3 is 15.0 Å². The number of imidazole rings is 1. The van der Waals surface area contributed by atoms with E-state index in [1.165, 1.54) is 19.2 Å². The first-order chi connectivity index (χ1) is 19.6. The molecule has 4 aromatic rings. The standard InChI is InChI=1S/C29H32F3N7O2/c1-4-38-9-11-39(12-10-38)18-20-13-21(29(30,31)32)15-22(14-20)35-28-36-25-16-23(5-6-26(25)37(28)3)41-24-7-8-33-27(17-24)34-19(2)40/h5-8,13-17H,4,9-12,18H2,1-3H3,(H2,33,34,35,36,40)/p+1. The first kappa shape index (κ1) is 28.4. The maximum Gasteiger partial charge on any atom is 0.416 e. The van der Waals surface area contributed by atoms with Gasteiger partial charge in [-0.05, 0) is 48.5 Å². The molecule has 1 saturated heterocycles. The number of alkyl halides is 3. The molecule has 0 bridgehead atoms. The van der Waals surface area contributed by atoms with Crippen molar-refractivity contribution in [2.24, 2.45) is 7.05 Å². The number of carbonyl (C=O) groups excluding carboxylic acids is 1. The molecule has 0 spiro atoms. The lowest BCUT2D eigenvalue weighted by atomic mass is 10.1. The summed E-state index contributed by atoms with van der Waals surface area (Å²) >= 11 is 0. The fourth-order valence-corrected chi connectivity index (χ4v) is 4.96. The van der Waals surface area contributed by atoms with Crippen LogP contribution < -0.4 is 19.9 Å². The summed E-state index contributed by atoms with van der Waals surface area (Å²) in [5.41, 5.74) is 1.83. The second-order valence-corrected chi connectivity index (χ2v) is 10.1. The van der Waals surface area contributed by atoms with Crippen LogP contribution in [0, 0.1) is 0 Å². The van der Waals surface area contributed by atoms with Crippen LogP contribution in [0.25, 0.3) is 11.0 Å². The number of anilines is 3. The Morgan fingerprint density at radius 1 is 1.05 bits per heavy atom. The van der Waals surface area contributed by atoms with Gasteiger partial charge in [0.25, 0.3) is 0 Å². The zero-order valence-corrected chi connectivity index (χ0v) is 23.2. The summed E-state index contributed by atoms with van der Waals surface area (Å²) in [6.07, 6.45) is -2.93. The number of nitrogens with zero attached hydrogens (tertiary/aromatic N) is 4. The maximum absolute atomic E-state index is 13.8. The number of aromatic nitrogens is 3. The number of pyridine rings is 1. The summed E-state index contributed by atoms with van der Waals surface area (Å²) in [4.78, 5) is 23.2. The normalized spacial score (nSPS) is 14.8. The van der Waals surface area contributed by atoms with E-state index in [1.54, 1.807) is 30.3 Å². The van der Waals surface area contributed by atoms with E-state index in [2.05, 4.69) is 37.3 Å². The third kappa shape index (κ3) is 6.95. The lowest BCUT2D eigenvalue weighted by molar-refractivity contribution is -0.629. The number of likely N-dealkylation sites (N-methyl/N-ethyl adjacent to an activating group) is 1. The van der Waals surface area contributed by atoms with E-state index in [9.17, 15) is 18.0 Å². The number of rotatable bonds is 8. The van der Waals surface area contributed by atoms with Crippen molar-refractivity contribution >= 4 is 34.4 Å². The number of amides is 1. The number of ether oxygens (including phenoxy) is 1. The van der Waals surface area contributed by atoms with Gasteiger partial charge in [0.15, 0.2) is 0 Å². The summed E-state index contributed by atoms with van der Waals surface area (Å²) in [6, 6.07) is 12.9. The van der Waals surface area contributed by atoms with Crippen molar-refractivity contribution in [3.63, 3.8) is 0 Å². The van der Waals surface area contributed by atoms with Crippen molar-refractivity contribution in [1.29, 1.82) is 0 Å². The molecule has 0 aliphatic carbocycles. The Labute approximate surface area is 235 Å². The molecular formula is C29H33F3N7O2+. The largest absolute Gasteiger partial charge is 0.457 e. The summed E-state index contributed by atoms with van der Waals surface area (Å²) in [5, 5.41) is 5.77. The van der Waals surface area contributed by atoms with Gasteiger partial charge in [-0.2, -0.15) is 13.2 Å². The van der Waals surface area contributed by atoms with E-state index in [0.717, 1.165) is 49.8 Å². The highest BCUT2D eigenvalue weighted by molar-refractivity contribution is 5.87. The summed E-state index contributed by atoms with van der Waals surface area (Å²) in [6.45, 7) is 8.41. The summed E-state index contributed by atoms with van der Waals surface area (Å²) in [5.74, 6) is 1.69. The van der Waals surface area contributed by atoms with Crippen LogP contribution in [0.4, 0.5) is 30.6 Å². The van der Waals surface area contributed by atoms with Gasteiger partial charge in [0.05, 0.1) is 18.3 Å². The van der Waals surface area contributed by atoms with Gasteiger partial charge in [-0.1, -0.05) is 6.92 Å². The Balaban J connectivity index is 1.37. The smallest absolute Gasteiger partial charge is 0.416 e. The van der Waals surface area contributed by atoms with Crippen LogP contribution in [-0.4, -0.2) is 58.4 Å². The number of hydrogen-bond acceptors (Lipinski definition) is 6. The van der Waals surface area contributed by atoms with E-state index in [-0.39, 0.29) is 5.91 Å². The fourth-order valence-electron chi connectivity index (χ4n) is 4.96. The van der Waals surface area contributed by atoms with E-state index in [1.807, 2.05) is 17.7 Å². The number of hydrogen-bond donors (Lipinski definition) is 3. The van der Waals surface area contributed by atoms with Gasteiger partial charge in [0.1, 0.15) is 28.4 Å². The number of piperazine rings is 1. The van der Waals surface area contributed by atoms with Crippen LogP contribution in [0.1, 0.15) is 25.0 Å². The van der Waals surface area contributed by atoms with E-state index in [4.69, 9.17) is 4.74 Å². The zero-order valence-electron chi connectivity index (χ0n) is 23.2. The minimum Gasteiger partial charge on any atom is -0.457 e. The molecule has 0 saturated carbocycles. The predicted molar refractivity (Wildman–Crippen MR) is 150 cm³/mol. The highest BCUT2D eigenvalue weighted by Gasteiger charge is 2.32. The molecule has 5 rings (SSSR count). The van der Waals surface area contributed by atoms with Gasteiger partial charge in [0.2, 0.25) is 5.91 Å². The van der Waals surface area contributed by atoms with Gasteiger partial charge >= 0.3 is 12.1 Å². The minimum absolute atomic E-state index is 0.238. The Kier molecular flexibility index (Phi) is 8.13. The third-order valence-electron chi connectivity index (χ3n) is 7.09. The molecule has 0 atom stereocenters. The molecule has 0 radical (unpaired) electrons. The number of carbonyl (C=O) groups is 1. The molecule has 12 heteroatoms. The number of fused-ring (bicyclic) bond motifs is 1. The Morgan fingerprint density at radius 2 is 1.78 bits per heavy atom. The average Bonchev–Trinajstić information content (AvgIpc) is 3.22. The quantitative estimate of drug-likeness (QED) is 0.258. The number of H-pyrrole nitrogens is 1. The fraction of sp³-hybridized carbons (Fsp3) is 0.345. The van der Waals surface area contributed by atoms with Gasteiger partial charge in [-0.25, -0.2) is 19.9 Å². The first-order valence-corrected chi connectivity index (χ1v) is 13.4. The Hall–Kier alpha value is -4.16. The van der Waals surface area contributed by atoms with Crippen LogP contribution >= 0.6 is 0 Å². The van der Waals surface area contributed by atoms with E-state index in [0.29, 0.717) is 41.1 Å². The van der Waals surface area contributed by atoms with Gasteiger partial charge in [-0.3, -0.25) is 9.69 Å². The molecule has 2 aromatic carbocycles. The monoisotopic (exact) mass is 568 g/mol. The molecule has 1 amide bonds. The molecular weight excluding hydrogens is 535 g/mol. The first-order valence-electron chi connectivity index (χ1n) is 13.4. The topological polar surface area (TPSA) is 89.4 Å². The number of nitrogens with one attached hydrogen (secondary N) is 3. The van der Waals surface area contributed by atoms with Crippen molar-refractivity contribution in [3.8, 4) is 11.5 Å². The predicted octanol–water partition coefficient (Wildman–Crippen LogP) is 5.04. The lowest BCUT2D eigenvalue weighted by Crippen LogP contribution is -2.45. The van der Waals surface area contributed by atoms with Crippen LogP contribution in [-0.2, 0) is 24.6 Å². The molecule has 216 valence electrons. The average molecular weight is 569 g/mol. The number of halogens is 3. The molecule has 9 nitrogen and oxygen atoms in total. The lowest BCUT2D eigenvalue weighted by Gasteiger charge is -2.34. The van der Waals surface area contributed by atoms with Crippen LogP contribution in [0.2, 0.25) is 0 Å². The third-order valence-corrected chi connectivity index (χ3v) is 7.09. The van der Waals surface area contributed by atoms with Crippen molar-refractivity contribution in [2.75, 3.05) is 43.4 Å². The molecule has 1 fully saturated rings. The molecule has 0 unspecified atom stereocenters. The minimum atomic E-state index is -4.46. The number of aryl methyl sites for hydroxylation is 1. The van der Waals surface area contributed by atoms with Crippen molar-refractivity contribution < 1.29 is 27.3 Å². The number of aromatic amines is 1. The molecule has 41 heavy (non-hydrogen) atoms. The van der Waals surface area contributed by atoms with E-state index >= 15 is 0 Å². The molecule has 3 heterocycles.